The van der Waals surface area contributed by atoms with Crippen LogP contribution in [0.3, 0.4) is 0 Å². The molecule has 1 heterocycles. The lowest BCUT2D eigenvalue weighted by Gasteiger charge is -2.23. The summed E-state index contributed by atoms with van der Waals surface area (Å²) in [6.07, 6.45) is 2.33. The zero-order chi connectivity index (χ0) is 15.8. The van der Waals surface area contributed by atoms with E-state index in [0.717, 1.165) is 19.5 Å². The van der Waals surface area contributed by atoms with Crippen LogP contribution in [0.5, 0.6) is 0 Å². The van der Waals surface area contributed by atoms with E-state index in [1.807, 2.05) is 18.2 Å². The number of furan rings is 1. The Balaban J connectivity index is 1.75. The average Bonchev–Trinajstić information content (AvgIpc) is 3.05. The minimum Gasteiger partial charge on any atom is -0.467 e. The Morgan fingerprint density at radius 3 is 2.73 bits per heavy atom. The molecule has 1 aromatic heterocycles. The first kappa shape index (κ1) is 16.1. The number of hydrogen-bond donors (Lipinski definition) is 2. The second-order valence-corrected chi connectivity index (χ2v) is 5.03. The number of carbonyl (C=O) groups excluding carboxylic acids is 1. The van der Waals surface area contributed by atoms with Crippen molar-refractivity contribution < 1.29 is 9.21 Å². The number of hydrogen-bond acceptors (Lipinski definition) is 4. The van der Waals surface area contributed by atoms with Crippen molar-refractivity contribution in [1.82, 2.24) is 5.32 Å². The highest BCUT2D eigenvalue weighted by molar-refractivity contribution is 5.93. The number of para-hydroxylation sites is 1. The summed E-state index contributed by atoms with van der Waals surface area (Å²) in [7, 11) is 0. The number of benzene rings is 1. The summed E-state index contributed by atoms with van der Waals surface area (Å²) < 4.78 is 5.16. The molecule has 0 unspecified atom stereocenters. The van der Waals surface area contributed by atoms with Gasteiger partial charge in [0.2, 0.25) is 0 Å². The lowest BCUT2D eigenvalue weighted by atomic mass is 10.2. The molecule has 3 N–H and O–H groups in total. The highest BCUT2D eigenvalue weighted by Gasteiger charge is 2.09. The molecule has 0 saturated carbocycles. The van der Waals surface area contributed by atoms with Crippen molar-refractivity contribution >= 4 is 11.6 Å². The molecule has 1 aromatic carbocycles. The van der Waals surface area contributed by atoms with Gasteiger partial charge in [-0.3, -0.25) is 4.79 Å². The van der Waals surface area contributed by atoms with Gasteiger partial charge in [0, 0.05) is 25.3 Å². The van der Waals surface area contributed by atoms with Gasteiger partial charge in [0.25, 0.3) is 5.91 Å². The van der Waals surface area contributed by atoms with Crippen molar-refractivity contribution in [2.24, 2.45) is 5.73 Å². The summed E-state index contributed by atoms with van der Waals surface area (Å²) in [6.45, 7) is 4.91. The fourth-order valence-electron chi connectivity index (χ4n) is 2.29. The van der Waals surface area contributed by atoms with Crippen LogP contribution in [0.4, 0.5) is 5.69 Å². The Morgan fingerprint density at radius 2 is 2.09 bits per heavy atom. The Hall–Kier alpha value is -2.27. The summed E-state index contributed by atoms with van der Waals surface area (Å²) in [6, 6.07) is 12.0. The quantitative estimate of drug-likeness (QED) is 0.734. The molecule has 0 bridgehead atoms. The van der Waals surface area contributed by atoms with Crippen LogP contribution in [0.25, 0.3) is 0 Å². The highest BCUT2D eigenvalue weighted by atomic mass is 16.3. The van der Waals surface area contributed by atoms with Crippen LogP contribution < -0.4 is 16.0 Å². The molecule has 0 aliphatic carbocycles. The Bertz CT molecular complexity index is 581. The van der Waals surface area contributed by atoms with E-state index in [2.05, 4.69) is 29.3 Å². The van der Waals surface area contributed by atoms with E-state index in [1.165, 1.54) is 12.0 Å². The lowest BCUT2D eigenvalue weighted by Crippen LogP contribution is -2.29. The van der Waals surface area contributed by atoms with Crippen LogP contribution in [-0.4, -0.2) is 25.5 Å². The summed E-state index contributed by atoms with van der Waals surface area (Å²) >= 11 is 0. The van der Waals surface area contributed by atoms with Gasteiger partial charge in [-0.1, -0.05) is 18.2 Å². The minimum atomic E-state index is -0.119. The molecule has 5 heteroatoms. The Kier molecular flexibility index (Phi) is 6.03. The van der Waals surface area contributed by atoms with Gasteiger partial charge in [0.05, 0.1) is 12.1 Å². The van der Waals surface area contributed by atoms with E-state index in [9.17, 15) is 4.79 Å². The topological polar surface area (TPSA) is 71.5 Å². The molecule has 0 aliphatic heterocycles. The number of amides is 1. The van der Waals surface area contributed by atoms with Crippen LogP contribution in [-0.2, 0) is 6.54 Å². The number of carbonyl (C=O) groups is 1. The number of anilines is 1. The van der Waals surface area contributed by atoms with Gasteiger partial charge in [-0.05, 0) is 31.5 Å². The molecule has 0 saturated heterocycles. The first-order valence-electron chi connectivity index (χ1n) is 7.60. The van der Waals surface area contributed by atoms with Gasteiger partial charge < -0.3 is 20.4 Å². The molecule has 0 radical (unpaired) electrons. The monoisotopic (exact) mass is 301 g/mol. The zero-order valence-corrected chi connectivity index (χ0v) is 12.9. The molecule has 22 heavy (non-hydrogen) atoms. The predicted octanol–water partition coefficient (Wildman–Crippen LogP) is 2.38. The van der Waals surface area contributed by atoms with Crippen molar-refractivity contribution in [2.45, 2.75) is 19.9 Å². The van der Waals surface area contributed by atoms with Crippen molar-refractivity contribution in [3.8, 4) is 0 Å². The summed E-state index contributed by atoms with van der Waals surface area (Å²) in [4.78, 5) is 14.2. The van der Waals surface area contributed by atoms with Gasteiger partial charge in [0.15, 0.2) is 0 Å². The number of nitrogens with two attached hydrogens (primary N) is 1. The second-order valence-electron chi connectivity index (χ2n) is 5.03. The molecule has 1 amide bonds. The normalized spacial score (nSPS) is 10.5. The molecular weight excluding hydrogens is 278 g/mol. The van der Waals surface area contributed by atoms with E-state index in [4.69, 9.17) is 10.2 Å². The van der Waals surface area contributed by atoms with Gasteiger partial charge in [0.1, 0.15) is 12.0 Å². The minimum absolute atomic E-state index is 0.119. The largest absolute Gasteiger partial charge is 0.467 e. The summed E-state index contributed by atoms with van der Waals surface area (Å²) in [5.74, 6) is 0.498. The zero-order valence-electron chi connectivity index (χ0n) is 12.9. The second kappa shape index (κ2) is 8.24. The Labute approximate surface area is 131 Å². The van der Waals surface area contributed by atoms with Crippen LogP contribution in [0.1, 0.15) is 29.5 Å². The Morgan fingerprint density at radius 1 is 1.32 bits per heavy atom. The molecule has 2 aromatic rings. The van der Waals surface area contributed by atoms with Crippen molar-refractivity contribution in [3.63, 3.8) is 0 Å². The predicted molar refractivity (Wildman–Crippen MR) is 87.9 cm³/mol. The van der Waals surface area contributed by atoms with Crippen LogP contribution >= 0.6 is 0 Å². The van der Waals surface area contributed by atoms with Crippen molar-refractivity contribution in [1.29, 1.82) is 0 Å². The molecular formula is C17H23N3O2. The molecule has 0 atom stereocenters. The first-order chi connectivity index (χ1) is 10.7. The van der Waals surface area contributed by atoms with Gasteiger partial charge >= 0.3 is 0 Å². The maximum Gasteiger partial charge on any atom is 0.254 e. The SMILES string of the molecule is CCN(CCCNC(=O)c1coc(CN)c1)c1ccccc1. The summed E-state index contributed by atoms with van der Waals surface area (Å²) in [5.41, 5.74) is 7.19. The fourth-order valence-corrected chi connectivity index (χ4v) is 2.29. The van der Waals surface area contributed by atoms with Crippen molar-refractivity contribution in [2.75, 3.05) is 24.5 Å². The van der Waals surface area contributed by atoms with Gasteiger partial charge in [-0.25, -0.2) is 0 Å². The highest BCUT2D eigenvalue weighted by Crippen LogP contribution is 2.12. The lowest BCUT2D eigenvalue weighted by molar-refractivity contribution is 0.0953. The molecule has 2 rings (SSSR count). The fraction of sp³-hybridized carbons (Fsp3) is 0.353. The standard InChI is InChI=1S/C17H23N3O2/c1-2-20(15-7-4-3-5-8-15)10-6-9-19-17(21)14-11-16(12-18)22-13-14/h3-5,7-8,11,13H,2,6,9-10,12,18H2,1H3,(H,19,21). The maximum atomic E-state index is 11.9. The molecule has 0 fully saturated rings. The average molecular weight is 301 g/mol. The van der Waals surface area contributed by atoms with Crippen LogP contribution in [0.2, 0.25) is 0 Å². The number of nitrogens with one attached hydrogen (secondary N) is 1. The third-order valence-electron chi connectivity index (χ3n) is 3.51. The smallest absolute Gasteiger partial charge is 0.254 e. The molecule has 0 aliphatic rings. The first-order valence-corrected chi connectivity index (χ1v) is 7.60. The van der Waals surface area contributed by atoms with Gasteiger partial charge in [-0.15, -0.1) is 0 Å². The molecule has 0 spiro atoms. The number of nitrogens with zero attached hydrogens (tertiary/aromatic N) is 1. The van der Waals surface area contributed by atoms with Crippen LogP contribution in [0, 0.1) is 0 Å². The third-order valence-corrected chi connectivity index (χ3v) is 3.51. The van der Waals surface area contributed by atoms with E-state index >= 15 is 0 Å². The van der Waals surface area contributed by atoms with E-state index in [-0.39, 0.29) is 5.91 Å². The van der Waals surface area contributed by atoms with Crippen LogP contribution in [0.15, 0.2) is 47.1 Å². The number of rotatable bonds is 8. The molecule has 5 nitrogen and oxygen atoms in total. The third kappa shape index (κ3) is 4.36. The van der Waals surface area contributed by atoms with E-state index < -0.39 is 0 Å². The maximum absolute atomic E-state index is 11.9. The summed E-state index contributed by atoms with van der Waals surface area (Å²) in [5, 5.41) is 2.90. The molecule has 118 valence electrons. The van der Waals surface area contributed by atoms with E-state index in [1.54, 1.807) is 6.07 Å². The van der Waals surface area contributed by atoms with E-state index in [0.29, 0.717) is 24.4 Å². The van der Waals surface area contributed by atoms with Crippen molar-refractivity contribution in [3.05, 3.63) is 54.0 Å². The van der Waals surface area contributed by atoms with Gasteiger partial charge in [-0.2, -0.15) is 0 Å².